The van der Waals surface area contributed by atoms with Crippen LogP contribution in [0.3, 0.4) is 0 Å². The van der Waals surface area contributed by atoms with Crippen LogP contribution < -0.4 is 20.9 Å². The summed E-state index contributed by atoms with van der Waals surface area (Å²) < 4.78 is 5.26. The summed E-state index contributed by atoms with van der Waals surface area (Å²) in [6.07, 6.45) is 3.04. The Balaban J connectivity index is 2.38. The summed E-state index contributed by atoms with van der Waals surface area (Å²) in [5, 5.41) is 0. The first-order chi connectivity index (χ1) is 9.69. The molecule has 0 fully saturated rings. The zero-order valence-corrected chi connectivity index (χ0v) is 11.3. The van der Waals surface area contributed by atoms with Crippen molar-refractivity contribution < 1.29 is 9.53 Å². The monoisotopic (exact) mass is 272 g/mol. The number of amides is 1. The number of benzene rings is 1. The van der Waals surface area contributed by atoms with E-state index >= 15 is 0 Å². The van der Waals surface area contributed by atoms with Crippen molar-refractivity contribution >= 4 is 17.3 Å². The summed E-state index contributed by atoms with van der Waals surface area (Å²) in [6.45, 7) is 0. The van der Waals surface area contributed by atoms with Crippen molar-refractivity contribution in [2.45, 2.75) is 0 Å². The first-order valence-corrected chi connectivity index (χ1v) is 6.00. The standard InChI is InChI=1S/C14H16N4O2/c1-18(12-5-3-4-6-13(12)20-2)14(19)10-9-16-8-7-11(10)17-15/h3-9H,15H2,1-2H3,(H,16,17). The van der Waals surface area contributed by atoms with Crippen molar-refractivity contribution in [3.05, 3.63) is 48.3 Å². The van der Waals surface area contributed by atoms with Gasteiger partial charge in [0.05, 0.1) is 24.0 Å². The van der Waals surface area contributed by atoms with Gasteiger partial charge >= 0.3 is 0 Å². The molecule has 0 atom stereocenters. The molecule has 104 valence electrons. The zero-order valence-electron chi connectivity index (χ0n) is 11.3. The number of nitrogens with one attached hydrogen (secondary N) is 1. The number of methoxy groups -OCH3 is 1. The molecule has 0 saturated carbocycles. The van der Waals surface area contributed by atoms with E-state index in [0.717, 1.165) is 0 Å². The smallest absolute Gasteiger partial charge is 0.261 e. The van der Waals surface area contributed by atoms with Crippen LogP contribution in [0.25, 0.3) is 0 Å². The molecule has 3 N–H and O–H groups in total. The first-order valence-electron chi connectivity index (χ1n) is 6.00. The Morgan fingerprint density at radius 1 is 1.35 bits per heavy atom. The van der Waals surface area contributed by atoms with Gasteiger partial charge in [-0.2, -0.15) is 0 Å². The van der Waals surface area contributed by atoms with Gasteiger partial charge in [-0.25, -0.2) is 0 Å². The molecule has 1 aromatic heterocycles. The van der Waals surface area contributed by atoms with Crippen molar-refractivity contribution in [3.8, 4) is 5.75 Å². The molecule has 0 bridgehead atoms. The second-order valence-electron chi connectivity index (χ2n) is 4.10. The van der Waals surface area contributed by atoms with Crippen LogP contribution in [-0.4, -0.2) is 25.0 Å². The van der Waals surface area contributed by atoms with Crippen LogP contribution in [0.15, 0.2) is 42.7 Å². The summed E-state index contributed by atoms with van der Waals surface area (Å²) in [6, 6.07) is 8.93. The zero-order chi connectivity index (χ0) is 14.5. The first kappa shape index (κ1) is 13.8. The number of nitrogens with zero attached hydrogens (tertiary/aromatic N) is 2. The summed E-state index contributed by atoms with van der Waals surface area (Å²) in [5.41, 5.74) is 4.08. The quantitative estimate of drug-likeness (QED) is 0.653. The highest BCUT2D eigenvalue weighted by Crippen LogP contribution is 2.28. The molecule has 1 aromatic carbocycles. The molecule has 2 rings (SSSR count). The van der Waals surface area contributed by atoms with Gasteiger partial charge in [-0.1, -0.05) is 12.1 Å². The van der Waals surface area contributed by atoms with Crippen molar-refractivity contribution in [2.75, 3.05) is 24.5 Å². The molecular weight excluding hydrogens is 256 g/mol. The number of para-hydroxylation sites is 2. The summed E-state index contributed by atoms with van der Waals surface area (Å²) >= 11 is 0. The highest BCUT2D eigenvalue weighted by atomic mass is 16.5. The Bertz CT molecular complexity index is 616. The molecule has 1 heterocycles. The predicted molar refractivity (Wildman–Crippen MR) is 77.8 cm³/mol. The normalized spacial score (nSPS) is 9.95. The van der Waals surface area contributed by atoms with Gasteiger partial charge in [-0.05, 0) is 18.2 Å². The number of nitrogens with two attached hydrogens (primary N) is 1. The minimum Gasteiger partial charge on any atom is -0.495 e. The van der Waals surface area contributed by atoms with E-state index in [1.54, 1.807) is 32.5 Å². The van der Waals surface area contributed by atoms with Gasteiger partial charge in [0.2, 0.25) is 0 Å². The van der Waals surface area contributed by atoms with Gasteiger partial charge in [0, 0.05) is 19.4 Å². The molecule has 0 radical (unpaired) electrons. The fourth-order valence-corrected chi connectivity index (χ4v) is 1.89. The molecule has 0 aliphatic carbocycles. The lowest BCUT2D eigenvalue weighted by Crippen LogP contribution is -2.28. The molecule has 20 heavy (non-hydrogen) atoms. The van der Waals surface area contributed by atoms with Gasteiger partial charge in [0.15, 0.2) is 0 Å². The lowest BCUT2D eigenvalue weighted by atomic mass is 10.2. The number of hydrazine groups is 1. The van der Waals surface area contributed by atoms with E-state index in [9.17, 15) is 4.79 Å². The van der Waals surface area contributed by atoms with Crippen molar-refractivity contribution in [1.82, 2.24) is 4.98 Å². The Hall–Kier alpha value is -2.60. The molecular formula is C14H16N4O2. The molecule has 6 heteroatoms. The molecule has 1 amide bonds. The van der Waals surface area contributed by atoms with Crippen molar-refractivity contribution in [3.63, 3.8) is 0 Å². The largest absolute Gasteiger partial charge is 0.495 e. The highest BCUT2D eigenvalue weighted by molar-refractivity contribution is 6.09. The van der Waals surface area contributed by atoms with Crippen LogP contribution in [0.5, 0.6) is 5.75 Å². The summed E-state index contributed by atoms with van der Waals surface area (Å²) in [7, 11) is 3.24. The van der Waals surface area contributed by atoms with E-state index in [2.05, 4.69) is 10.4 Å². The fourth-order valence-electron chi connectivity index (χ4n) is 1.89. The van der Waals surface area contributed by atoms with E-state index in [-0.39, 0.29) is 5.91 Å². The number of hydrogen-bond donors (Lipinski definition) is 2. The van der Waals surface area contributed by atoms with E-state index in [0.29, 0.717) is 22.7 Å². The molecule has 0 unspecified atom stereocenters. The van der Waals surface area contributed by atoms with Gasteiger partial charge in [-0.3, -0.25) is 15.6 Å². The topological polar surface area (TPSA) is 80.5 Å². The fraction of sp³-hybridized carbons (Fsp3) is 0.143. The van der Waals surface area contributed by atoms with E-state index in [1.165, 1.54) is 11.1 Å². The average Bonchev–Trinajstić information content (AvgIpc) is 2.53. The van der Waals surface area contributed by atoms with Crippen LogP contribution in [0, 0.1) is 0 Å². The van der Waals surface area contributed by atoms with E-state index in [1.807, 2.05) is 18.2 Å². The third kappa shape index (κ3) is 2.55. The molecule has 2 aromatic rings. The van der Waals surface area contributed by atoms with Crippen molar-refractivity contribution in [2.24, 2.45) is 5.84 Å². The van der Waals surface area contributed by atoms with E-state index < -0.39 is 0 Å². The lowest BCUT2D eigenvalue weighted by molar-refractivity contribution is 0.0993. The maximum Gasteiger partial charge on any atom is 0.261 e. The molecule has 0 saturated heterocycles. The minimum atomic E-state index is -0.226. The number of nitrogen functional groups attached to an aromatic ring is 1. The Morgan fingerprint density at radius 3 is 2.80 bits per heavy atom. The molecule has 6 nitrogen and oxygen atoms in total. The highest BCUT2D eigenvalue weighted by Gasteiger charge is 2.19. The van der Waals surface area contributed by atoms with Crippen LogP contribution in [0.4, 0.5) is 11.4 Å². The van der Waals surface area contributed by atoms with E-state index in [4.69, 9.17) is 10.6 Å². The summed E-state index contributed by atoms with van der Waals surface area (Å²) in [5.74, 6) is 5.80. The number of carbonyl (C=O) groups excluding carboxylic acids is 1. The number of aromatic nitrogens is 1. The number of pyridine rings is 1. The number of anilines is 2. The lowest BCUT2D eigenvalue weighted by Gasteiger charge is -2.20. The van der Waals surface area contributed by atoms with Gasteiger partial charge < -0.3 is 15.1 Å². The van der Waals surface area contributed by atoms with Gasteiger partial charge in [0.25, 0.3) is 5.91 Å². The predicted octanol–water partition coefficient (Wildman–Crippen LogP) is 1.65. The number of rotatable bonds is 4. The number of ether oxygens (including phenoxy) is 1. The second kappa shape index (κ2) is 6.03. The Kier molecular flexibility index (Phi) is 4.17. The van der Waals surface area contributed by atoms with Gasteiger partial charge in [0.1, 0.15) is 5.75 Å². The summed E-state index contributed by atoms with van der Waals surface area (Å²) in [4.78, 5) is 18.0. The number of hydrogen-bond acceptors (Lipinski definition) is 5. The maximum absolute atomic E-state index is 12.5. The number of carbonyl (C=O) groups is 1. The third-order valence-corrected chi connectivity index (χ3v) is 2.96. The van der Waals surface area contributed by atoms with Crippen LogP contribution >= 0.6 is 0 Å². The Labute approximate surface area is 117 Å². The van der Waals surface area contributed by atoms with Crippen LogP contribution in [0.2, 0.25) is 0 Å². The third-order valence-electron chi connectivity index (χ3n) is 2.96. The molecule has 0 aliphatic rings. The average molecular weight is 272 g/mol. The van der Waals surface area contributed by atoms with Gasteiger partial charge in [-0.15, -0.1) is 0 Å². The van der Waals surface area contributed by atoms with Crippen LogP contribution in [-0.2, 0) is 0 Å². The second-order valence-corrected chi connectivity index (χ2v) is 4.10. The minimum absolute atomic E-state index is 0.226. The molecule has 0 spiro atoms. The SMILES string of the molecule is COc1ccccc1N(C)C(=O)c1cnccc1NN. The Morgan fingerprint density at radius 2 is 2.10 bits per heavy atom. The van der Waals surface area contributed by atoms with Crippen molar-refractivity contribution in [1.29, 1.82) is 0 Å². The van der Waals surface area contributed by atoms with Crippen LogP contribution in [0.1, 0.15) is 10.4 Å². The maximum atomic E-state index is 12.5. The molecule has 0 aliphatic heterocycles.